The number of benzene rings is 2. The number of aromatic nitrogens is 2. The number of halogens is 3. The zero-order chi connectivity index (χ0) is 21.2. The molecule has 0 saturated heterocycles. The second-order valence-corrected chi connectivity index (χ2v) is 7.11. The summed E-state index contributed by atoms with van der Waals surface area (Å²) in [6.07, 6.45) is -4.59. The molecule has 7 nitrogen and oxygen atoms in total. The summed E-state index contributed by atoms with van der Waals surface area (Å²) in [4.78, 5) is 11.5. The van der Waals surface area contributed by atoms with Crippen LogP contribution in [-0.4, -0.2) is 28.6 Å². The van der Waals surface area contributed by atoms with Crippen LogP contribution >= 0.6 is 11.7 Å². The smallest absolute Gasteiger partial charge is 0.416 e. The summed E-state index contributed by atoms with van der Waals surface area (Å²) in [5, 5.41) is 9.37. The quantitative estimate of drug-likeness (QED) is 0.556. The third-order valence-electron chi connectivity index (χ3n) is 3.87. The summed E-state index contributed by atoms with van der Waals surface area (Å²) in [5.41, 5.74) is -1.36. The molecule has 3 rings (SSSR count). The Morgan fingerprint density at radius 3 is 2.41 bits per heavy atom. The van der Waals surface area contributed by atoms with E-state index in [-0.39, 0.29) is 17.9 Å². The van der Waals surface area contributed by atoms with Gasteiger partial charge in [0.05, 0.1) is 28.5 Å². The van der Waals surface area contributed by atoms with E-state index in [0.717, 1.165) is 11.6 Å². The van der Waals surface area contributed by atoms with Crippen molar-refractivity contribution in [1.82, 2.24) is 8.75 Å². The van der Waals surface area contributed by atoms with Crippen molar-refractivity contribution in [3.05, 3.63) is 70.9 Å². The third kappa shape index (κ3) is 4.60. The molecule has 1 unspecified atom stereocenters. The van der Waals surface area contributed by atoms with E-state index >= 15 is 0 Å². The largest absolute Gasteiger partial charge is 0.478 e. The Morgan fingerprint density at radius 1 is 1.14 bits per heavy atom. The molecular formula is C17H12F3N3O4S2. The number of aromatic carboxylic acids is 1. The lowest BCUT2D eigenvalue weighted by Gasteiger charge is -2.21. The molecule has 0 saturated carbocycles. The van der Waals surface area contributed by atoms with Crippen molar-refractivity contribution in [2.75, 3.05) is 4.31 Å². The summed E-state index contributed by atoms with van der Waals surface area (Å²) in [7, 11) is 0. The van der Waals surface area contributed by atoms with E-state index in [4.69, 9.17) is 0 Å². The Kier molecular flexibility index (Phi) is 5.96. The summed E-state index contributed by atoms with van der Waals surface area (Å²) < 4.78 is 69.8. The highest BCUT2D eigenvalue weighted by Crippen LogP contribution is 2.37. The van der Waals surface area contributed by atoms with Crippen molar-refractivity contribution in [2.45, 2.75) is 12.6 Å². The molecule has 12 heteroatoms. The molecular weight excluding hydrogens is 431 g/mol. The first-order valence-corrected chi connectivity index (χ1v) is 9.69. The van der Waals surface area contributed by atoms with Crippen LogP contribution in [0.15, 0.2) is 48.5 Å². The van der Waals surface area contributed by atoms with Gasteiger partial charge in [0.25, 0.3) is 11.3 Å². The van der Waals surface area contributed by atoms with Crippen LogP contribution in [0.3, 0.4) is 0 Å². The Morgan fingerprint density at radius 2 is 1.83 bits per heavy atom. The molecule has 0 radical (unpaired) electrons. The van der Waals surface area contributed by atoms with Crippen LogP contribution in [-0.2, 0) is 23.9 Å². The van der Waals surface area contributed by atoms with Crippen molar-refractivity contribution < 1.29 is 31.8 Å². The van der Waals surface area contributed by atoms with Gasteiger partial charge in [0, 0.05) is 6.42 Å². The number of rotatable bonds is 6. The van der Waals surface area contributed by atoms with Crippen LogP contribution < -0.4 is 4.31 Å². The summed E-state index contributed by atoms with van der Waals surface area (Å²) in [6, 6.07) is 10.7. The lowest BCUT2D eigenvalue weighted by atomic mass is 10.1. The molecule has 1 aromatic heterocycles. The molecule has 0 fully saturated rings. The molecule has 2 N–H and O–H groups in total. The van der Waals surface area contributed by atoms with Crippen LogP contribution in [0.5, 0.6) is 0 Å². The van der Waals surface area contributed by atoms with Gasteiger partial charge >= 0.3 is 12.1 Å². The molecule has 29 heavy (non-hydrogen) atoms. The van der Waals surface area contributed by atoms with Gasteiger partial charge < -0.3 is 5.11 Å². The molecule has 1 heterocycles. The fourth-order valence-electron chi connectivity index (χ4n) is 2.59. The molecule has 0 aliphatic heterocycles. The van der Waals surface area contributed by atoms with Gasteiger partial charge in [0.1, 0.15) is 5.69 Å². The zero-order valence-electron chi connectivity index (χ0n) is 14.3. The summed E-state index contributed by atoms with van der Waals surface area (Å²) in [6.45, 7) is 0. The number of carboxylic acid groups (broad SMARTS) is 1. The van der Waals surface area contributed by atoms with Gasteiger partial charge in [-0.2, -0.15) is 21.9 Å². The maximum Gasteiger partial charge on any atom is 0.416 e. The van der Waals surface area contributed by atoms with E-state index in [0.29, 0.717) is 28.2 Å². The van der Waals surface area contributed by atoms with Gasteiger partial charge in [-0.1, -0.05) is 30.3 Å². The Labute approximate surface area is 169 Å². The van der Waals surface area contributed by atoms with E-state index in [1.54, 1.807) is 30.3 Å². The predicted molar refractivity (Wildman–Crippen MR) is 100 cm³/mol. The first-order chi connectivity index (χ1) is 13.7. The van der Waals surface area contributed by atoms with E-state index in [2.05, 4.69) is 8.75 Å². The van der Waals surface area contributed by atoms with Gasteiger partial charge in [-0.25, -0.2) is 13.3 Å². The third-order valence-corrected chi connectivity index (χ3v) is 5.11. The average Bonchev–Trinajstić information content (AvgIpc) is 3.09. The minimum Gasteiger partial charge on any atom is -0.478 e. The van der Waals surface area contributed by atoms with Crippen LogP contribution in [0.4, 0.5) is 24.7 Å². The molecule has 152 valence electrons. The molecule has 1 atom stereocenters. The average molecular weight is 443 g/mol. The van der Waals surface area contributed by atoms with Crippen molar-refractivity contribution in [1.29, 1.82) is 0 Å². The number of hydrogen-bond acceptors (Lipinski definition) is 5. The van der Waals surface area contributed by atoms with Crippen molar-refractivity contribution in [2.24, 2.45) is 0 Å². The summed E-state index contributed by atoms with van der Waals surface area (Å²) >= 11 is -2.21. The minimum atomic E-state index is -4.78. The number of anilines is 2. The standard InChI is InChI=1S/C17H12F3N3O4S2/c18-17(19,20)11-6-7-12(16(24)25)14(9-11)23(29(26)27)15-13(21-28-22-15)8-10-4-2-1-3-5-10/h1-7,9H,8H2,(H,24,25)(H,26,27). The number of alkyl halides is 3. The molecule has 0 aliphatic carbocycles. The fourth-order valence-corrected chi connectivity index (χ4v) is 3.80. The van der Waals surface area contributed by atoms with Gasteiger partial charge in [-0.15, -0.1) is 0 Å². The number of nitrogens with zero attached hydrogens (tertiary/aromatic N) is 3. The lowest BCUT2D eigenvalue weighted by molar-refractivity contribution is -0.137. The fraction of sp³-hybridized carbons (Fsp3) is 0.118. The van der Waals surface area contributed by atoms with Crippen LogP contribution in [0.2, 0.25) is 0 Å². The second-order valence-electron chi connectivity index (χ2n) is 5.76. The van der Waals surface area contributed by atoms with E-state index in [1.165, 1.54) is 0 Å². The molecule has 0 spiro atoms. The molecule has 3 aromatic rings. The molecule has 0 aliphatic rings. The van der Waals surface area contributed by atoms with Gasteiger partial charge in [0.15, 0.2) is 5.82 Å². The van der Waals surface area contributed by atoms with E-state index in [1.807, 2.05) is 0 Å². The van der Waals surface area contributed by atoms with Crippen LogP contribution in [0.25, 0.3) is 0 Å². The Bertz CT molecular complexity index is 1060. The SMILES string of the molecule is O=C(O)c1ccc(C(F)(F)F)cc1N(c1nsnc1Cc1ccccc1)S(=O)O. The number of carbonyl (C=O) groups is 1. The maximum absolute atomic E-state index is 13.1. The number of carboxylic acids is 1. The van der Waals surface area contributed by atoms with Crippen LogP contribution in [0, 0.1) is 0 Å². The predicted octanol–water partition coefficient (Wildman–Crippen LogP) is 4.12. The Balaban J connectivity index is 2.14. The van der Waals surface area contributed by atoms with Gasteiger partial charge in [0.2, 0.25) is 0 Å². The monoisotopic (exact) mass is 443 g/mol. The summed E-state index contributed by atoms with van der Waals surface area (Å²) in [5.74, 6) is -1.75. The molecule has 2 aromatic carbocycles. The first kappa shape index (κ1) is 20.9. The van der Waals surface area contributed by atoms with Crippen molar-refractivity contribution >= 4 is 40.5 Å². The van der Waals surface area contributed by atoms with Crippen LogP contribution in [0.1, 0.15) is 27.2 Å². The van der Waals surface area contributed by atoms with E-state index < -0.39 is 40.2 Å². The normalized spacial score (nSPS) is 12.6. The van der Waals surface area contributed by atoms with Gasteiger partial charge in [-0.05, 0) is 23.8 Å². The highest BCUT2D eigenvalue weighted by molar-refractivity contribution is 7.81. The van der Waals surface area contributed by atoms with Crippen molar-refractivity contribution in [3.8, 4) is 0 Å². The Hall–Kier alpha value is -2.83. The highest BCUT2D eigenvalue weighted by Gasteiger charge is 2.34. The molecule has 0 amide bonds. The minimum absolute atomic E-state index is 0.182. The maximum atomic E-state index is 13.1. The molecule has 0 bridgehead atoms. The number of hydrogen-bond donors (Lipinski definition) is 2. The highest BCUT2D eigenvalue weighted by atomic mass is 32.2. The topological polar surface area (TPSA) is 104 Å². The second kappa shape index (κ2) is 8.27. The first-order valence-electron chi connectivity index (χ1n) is 7.89. The zero-order valence-corrected chi connectivity index (χ0v) is 16.0. The van der Waals surface area contributed by atoms with Gasteiger partial charge in [-0.3, -0.25) is 4.55 Å². The lowest BCUT2D eigenvalue weighted by Crippen LogP contribution is -2.24. The van der Waals surface area contributed by atoms with Crippen molar-refractivity contribution in [3.63, 3.8) is 0 Å². The van der Waals surface area contributed by atoms with E-state index in [9.17, 15) is 31.8 Å².